The van der Waals surface area contributed by atoms with E-state index in [4.69, 9.17) is 18.9 Å². The van der Waals surface area contributed by atoms with Crippen molar-refractivity contribution in [3.05, 3.63) is 89.7 Å². The Balaban J connectivity index is 1.21. The number of aliphatic hydroxyl groups excluding tert-OH is 5. The minimum absolute atomic E-state index is 0.0318. The maximum absolute atomic E-state index is 15.3. The predicted molar refractivity (Wildman–Crippen MR) is 213 cm³/mol. The highest BCUT2D eigenvalue weighted by Crippen LogP contribution is 2.60. The van der Waals surface area contributed by atoms with Gasteiger partial charge in [-0.3, -0.25) is 14.3 Å². The number of hydrogen-bond donors (Lipinski definition) is 6. The number of carbonyl (C=O) groups is 2. The Kier molecular flexibility index (Phi) is 11.8. The molecule has 310 valence electrons. The third-order valence-electron chi connectivity index (χ3n) is 12.0. The summed E-state index contributed by atoms with van der Waals surface area (Å²) in [6, 6.07) is 20.5. The van der Waals surface area contributed by atoms with Gasteiger partial charge in [0.25, 0.3) is 11.8 Å². The largest absolute Gasteiger partial charge is 0.497 e. The van der Waals surface area contributed by atoms with E-state index in [1.165, 1.54) is 5.19 Å². The summed E-state index contributed by atoms with van der Waals surface area (Å²) in [5.41, 5.74) is 1.63. The second-order valence-corrected chi connectivity index (χ2v) is 20.5. The van der Waals surface area contributed by atoms with Crippen LogP contribution in [-0.2, 0) is 44.2 Å². The molecule has 0 radical (unpaired) electrons. The van der Waals surface area contributed by atoms with E-state index >= 15 is 4.79 Å². The number of nitrogens with zero attached hydrogens (tertiary/aromatic N) is 4. The highest BCUT2D eigenvalue weighted by Gasteiger charge is 2.66. The SMILES string of the molecule is COc1ccc([Si](C)(C)[C@H]2[C@H](CCn3cc(CCO)nn3)O[C@@]3(C(=O)N(Cc4cccc(NC(=O)[C@H]5O[C@@H](O)[C@H](O)[C@@H](O)[C@@H]5O)c4)c4ccc(OC)cc43)[C@@H]2C)cc1. The Morgan fingerprint density at radius 1 is 0.966 bits per heavy atom. The third kappa shape index (κ3) is 7.41. The lowest BCUT2D eigenvalue weighted by atomic mass is 9.82. The molecular formula is C41H51N5O11Si. The molecule has 7 rings (SSSR count). The predicted octanol–water partition coefficient (Wildman–Crippen LogP) is 1.42. The van der Waals surface area contributed by atoms with E-state index in [1.54, 1.807) is 42.0 Å². The van der Waals surface area contributed by atoms with Gasteiger partial charge >= 0.3 is 0 Å². The molecule has 3 aromatic carbocycles. The Labute approximate surface area is 336 Å². The molecule has 4 aromatic rings. The fourth-order valence-electron chi connectivity index (χ4n) is 9.00. The molecule has 0 saturated carbocycles. The molecule has 3 aliphatic heterocycles. The summed E-state index contributed by atoms with van der Waals surface area (Å²) in [7, 11) is 0.772. The number of hydrogen-bond acceptors (Lipinski definition) is 13. The van der Waals surface area contributed by atoms with Crippen LogP contribution in [-0.4, -0.2) is 118 Å². The average molecular weight is 818 g/mol. The molecule has 2 amide bonds. The number of aryl methyl sites for hydroxylation is 1. The maximum Gasteiger partial charge on any atom is 0.264 e. The molecule has 9 atom stereocenters. The first-order valence-electron chi connectivity index (χ1n) is 19.3. The summed E-state index contributed by atoms with van der Waals surface area (Å²) in [5.74, 6) is -0.0228. The average Bonchev–Trinajstić information content (AvgIpc) is 3.87. The number of benzene rings is 3. The van der Waals surface area contributed by atoms with Crippen LogP contribution in [0.2, 0.25) is 18.6 Å². The zero-order valence-electron chi connectivity index (χ0n) is 33.1. The number of rotatable bonds is 13. The van der Waals surface area contributed by atoms with Gasteiger partial charge in [-0.1, -0.05) is 54.7 Å². The summed E-state index contributed by atoms with van der Waals surface area (Å²) in [5, 5.41) is 62.1. The van der Waals surface area contributed by atoms with Crippen LogP contribution in [0.5, 0.6) is 11.5 Å². The summed E-state index contributed by atoms with van der Waals surface area (Å²) in [6.07, 6.45) is -6.47. The van der Waals surface area contributed by atoms with Crippen molar-refractivity contribution >= 4 is 36.4 Å². The van der Waals surface area contributed by atoms with Gasteiger partial charge in [-0.2, -0.15) is 0 Å². The van der Waals surface area contributed by atoms with Gasteiger partial charge < -0.3 is 54.7 Å². The van der Waals surface area contributed by atoms with E-state index in [9.17, 15) is 30.3 Å². The quantitative estimate of drug-likeness (QED) is 0.105. The Bertz CT molecular complexity index is 2120. The number of nitrogens with one attached hydrogen (secondary N) is 1. The summed E-state index contributed by atoms with van der Waals surface area (Å²) in [6.45, 7) is 7.30. The van der Waals surface area contributed by atoms with Crippen molar-refractivity contribution < 1.29 is 54.1 Å². The topological polar surface area (TPSA) is 218 Å². The van der Waals surface area contributed by atoms with Gasteiger partial charge in [-0.25, -0.2) is 0 Å². The number of amides is 2. The Hall–Kier alpha value is -4.72. The van der Waals surface area contributed by atoms with Gasteiger partial charge in [-0.15, -0.1) is 5.10 Å². The first-order chi connectivity index (χ1) is 27.7. The van der Waals surface area contributed by atoms with Gasteiger partial charge in [0.1, 0.15) is 29.8 Å². The van der Waals surface area contributed by atoms with Gasteiger partial charge in [-0.05, 0) is 60.0 Å². The van der Waals surface area contributed by atoms with Crippen LogP contribution >= 0.6 is 0 Å². The van der Waals surface area contributed by atoms with Crippen LogP contribution in [0.3, 0.4) is 0 Å². The number of fused-ring (bicyclic) bond motifs is 2. The molecule has 0 aliphatic carbocycles. The lowest BCUT2D eigenvalue weighted by Gasteiger charge is -2.37. The lowest BCUT2D eigenvalue weighted by Crippen LogP contribution is -2.60. The number of aromatic nitrogens is 3. The van der Waals surface area contributed by atoms with Crippen LogP contribution in [0.4, 0.5) is 11.4 Å². The molecule has 58 heavy (non-hydrogen) atoms. The van der Waals surface area contributed by atoms with Crippen molar-refractivity contribution in [3.63, 3.8) is 0 Å². The number of carbonyl (C=O) groups excluding carboxylic acids is 2. The highest BCUT2D eigenvalue weighted by molar-refractivity contribution is 6.91. The second kappa shape index (κ2) is 16.5. The molecule has 1 spiro atoms. The van der Waals surface area contributed by atoms with E-state index in [2.05, 4.69) is 47.8 Å². The smallest absolute Gasteiger partial charge is 0.264 e. The van der Waals surface area contributed by atoms with Gasteiger partial charge in [0.15, 0.2) is 18.0 Å². The Morgan fingerprint density at radius 3 is 2.40 bits per heavy atom. The van der Waals surface area contributed by atoms with Crippen LogP contribution in [0.15, 0.2) is 72.9 Å². The van der Waals surface area contributed by atoms with Crippen molar-refractivity contribution in [2.45, 2.75) is 93.9 Å². The molecule has 17 heteroatoms. The van der Waals surface area contributed by atoms with Crippen LogP contribution < -0.4 is 24.9 Å². The standard InChI is InChI=1S/C41H51N5O11Si/c1-23-37(58(4,5)29-12-9-27(54-2)10-13-29)32(15-17-45-22-26(16-18-47)43-44-45)57-41(23)30-20-28(55-3)11-14-31(30)46(40(41)53)21-24-7-6-8-25(19-24)42-38(51)36-34(49)33(48)35(50)39(52)56-36/h6-14,19-20,22-23,32-37,39,47-50,52H,15-18,21H2,1-5H3,(H,42,51)/t23-,32+,33+,34+,35-,36+,37-,39-,41+/m1/s1. The number of anilines is 2. The molecule has 0 unspecified atom stereocenters. The molecule has 2 saturated heterocycles. The lowest BCUT2D eigenvalue weighted by molar-refractivity contribution is -0.274. The van der Waals surface area contributed by atoms with E-state index < -0.39 is 50.3 Å². The summed E-state index contributed by atoms with van der Waals surface area (Å²) in [4.78, 5) is 30.2. The first kappa shape index (κ1) is 41.4. The second-order valence-electron chi connectivity index (χ2n) is 15.8. The monoisotopic (exact) mass is 817 g/mol. The summed E-state index contributed by atoms with van der Waals surface area (Å²) >= 11 is 0. The van der Waals surface area contributed by atoms with E-state index in [-0.39, 0.29) is 36.6 Å². The van der Waals surface area contributed by atoms with Crippen molar-refractivity contribution in [1.82, 2.24) is 15.0 Å². The zero-order chi connectivity index (χ0) is 41.5. The molecule has 1 aromatic heterocycles. The van der Waals surface area contributed by atoms with Crippen LogP contribution in [0.1, 0.15) is 30.2 Å². The van der Waals surface area contributed by atoms with Crippen LogP contribution in [0, 0.1) is 5.92 Å². The fraction of sp³-hybridized carbons (Fsp3) is 0.463. The van der Waals surface area contributed by atoms with E-state index in [0.29, 0.717) is 53.3 Å². The fourth-order valence-corrected chi connectivity index (χ4v) is 13.1. The normalized spacial score (nSPS) is 28.2. The van der Waals surface area contributed by atoms with E-state index in [0.717, 1.165) is 5.75 Å². The number of aliphatic hydroxyl groups is 5. The van der Waals surface area contributed by atoms with Crippen molar-refractivity contribution in [2.24, 2.45) is 5.92 Å². The molecule has 3 aliphatic rings. The molecule has 16 nitrogen and oxygen atoms in total. The zero-order valence-corrected chi connectivity index (χ0v) is 34.1. The van der Waals surface area contributed by atoms with Crippen molar-refractivity contribution in [3.8, 4) is 11.5 Å². The Morgan fingerprint density at radius 2 is 1.69 bits per heavy atom. The molecule has 6 N–H and O–H groups in total. The van der Waals surface area contributed by atoms with Gasteiger partial charge in [0.2, 0.25) is 0 Å². The molecular weight excluding hydrogens is 767 g/mol. The molecule has 0 bridgehead atoms. The molecule has 4 heterocycles. The molecule has 2 fully saturated rings. The first-order valence-corrected chi connectivity index (χ1v) is 22.4. The highest BCUT2D eigenvalue weighted by atomic mass is 28.3. The van der Waals surface area contributed by atoms with Gasteiger partial charge in [0.05, 0.1) is 46.3 Å². The minimum Gasteiger partial charge on any atom is -0.497 e. The maximum atomic E-state index is 15.3. The van der Waals surface area contributed by atoms with Crippen LogP contribution in [0.25, 0.3) is 0 Å². The van der Waals surface area contributed by atoms with Crippen molar-refractivity contribution in [2.75, 3.05) is 31.0 Å². The number of methoxy groups -OCH3 is 2. The van der Waals surface area contributed by atoms with E-state index in [1.807, 2.05) is 42.6 Å². The third-order valence-corrected chi connectivity index (χ3v) is 16.4. The minimum atomic E-state index is -2.45. The van der Waals surface area contributed by atoms with Gasteiger partial charge in [0, 0.05) is 42.9 Å². The van der Waals surface area contributed by atoms with Crippen molar-refractivity contribution in [1.29, 1.82) is 0 Å². The summed E-state index contributed by atoms with van der Waals surface area (Å²) < 4.78 is 25.3. The number of ether oxygens (including phenoxy) is 4.